The lowest BCUT2D eigenvalue weighted by Crippen LogP contribution is -2.23. The monoisotopic (exact) mass is 334 g/mol. The summed E-state index contributed by atoms with van der Waals surface area (Å²) < 4.78 is 8.03. The maximum Gasteiger partial charge on any atom is 0.349 e. The normalized spacial score (nSPS) is 10.7. The highest BCUT2D eigenvalue weighted by molar-refractivity contribution is 5.69. The average Bonchev–Trinajstić information content (AvgIpc) is 2.97. The van der Waals surface area contributed by atoms with E-state index in [1.54, 1.807) is 30.1 Å². The van der Waals surface area contributed by atoms with E-state index in [-0.39, 0.29) is 11.8 Å². The van der Waals surface area contributed by atoms with Crippen molar-refractivity contribution in [2.75, 3.05) is 12.3 Å². The number of aryl methyl sites for hydroxylation is 1. The van der Waals surface area contributed by atoms with Gasteiger partial charge >= 0.3 is 11.7 Å². The van der Waals surface area contributed by atoms with E-state index >= 15 is 0 Å². The van der Waals surface area contributed by atoms with E-state index in [0.717, 1.165) is 19.3 Å². The standard InChI is InChI=1S/C15H22N6O3/c1-2-24-14(22)6-4-3-5-8-21-11-12(18-19-21)10-20-9-7-13(16)17-15(20)23/h7,9,11H,2-6,8,10H2,1H3,(H2,16,17,23). The van der Waals surface area contributed by atoms with Crippen LogP contribution in [-0.4, -0.2) is 37.1 Å². The minimum atomic E-state index is -0.413. The van der Waals surface area contributed by atoms with Gasteiger partial charge in [0.1, 0.15) is 11.5 Å². The number of aromatic nitrogens is 5. The van der Waals surface area contributed by atoms with Gasteiger partial charge in [-0.2, -0.15) is 4.98 Å². The van der Waals surface area contributed by atoms with Crippen LogP contribution in [0.15, 0.2) is 23.3 Å². The second-order valence-corrected chi connectivity index (χ2v) is 5.35. The Morgan fingerprint density at radius 3 is 2.92 bits per heavy atom. The molecule has 0 saturated heterocycles. The van der Waals surface area contributed by atoms with E-state index in [0.29, 0.717) is 31.8 Å². The summed E-state index contributed by atoms with van der Waals surface area (Å²) in [7, 11) is 0. The lowest BCUT2D eigenvalue weighted by Gasteiger charge is -2.02. The molecular formula is C15H22N6O3. The van der Waals surface area contributed by atoms with E-state index in [2.05, 4.69) is 15.3 Å². The fourth-order valence-electron chi connectivity index (χ4n) is 2.21. The van der Waals surface area contributed by atoms with Crippen molar-refractivity contribution >= 4 is 11.8 Å². The zero-order valence-corrected chi connectivity index (χ0v) is 13.7. The fourth-order valence-corrected chi connectivity index (χ4v) is 2.21. The number of rotatable bonds is 9. The van der Waals surface area contributed by atoms with Gasteiger partial charge in [0, 0.05) is 19.2 Å². The molecule has 2 aromatic heterocycles. The number of hydrogen-bond acceptors (Lipinski definition) is 7. The molecule has 0 spiro atoms. The van der Waals surface area contributed by atoms with Gasteiger partial charge in [-0.3, -0.25) is 14.0 Å². The van der Waals surface area contributed by atoms with E-state index in [4.69, 9.17) is 10.5 Å². The highest BCUT2D eigenvalue weighted by atomic mass is 16.5. The summed E-state index contributed by atoms with van der Waals surface area (Å²) in [6.45, 7) is 3.24. The number of hydrogen-bond donors (Lipinski definition) is 1. The maximum atomic E-state index is 11.7. The van der Waals surface area contributed by atoms with Gasteiger partial charge in [0.15, 0.2) is 0 Å². The summed E-state index contributed by atoms with van der Waals surface area (Å²) in [5.41, 5.74) is 5.72. The third-order valence-corrected chi connectivity index (χ3v) is 3.39. The first-order chi connectivity index (χ1) is 11.6. The molecule has 0 aromatic carbocycles. The third kappa shape index (κ3) is 5.49. The average molecular weight is 334 g/mol. The summed E-state index contributed by atoms with van der Waals surface area (Å²) in [5.74, 6) is 0.0471. The van der Waals surface area contributed by atoms with Crippen LogP contribution in [0.25, 0.3) is 0 Å². The molecule has 9 heteroatoms. The first kappa shape index (κ1) is 17.6. The molecule has 0 unspecified atom stereocenters. The molecule has 2 N–H and O–H groups in total. The number of anilines is 1. The number of nitrogen functional groups attached to an aromatic ring is 1. The van der Waals surface area contributed by atoms with Crippen molar-refractivity contribution in [3.05, 3.63) is 34.6 Å². The van der Waals surface area contributed by atoms with Gasteiger partial charge in [-0.1, -0.05) is 11.6 Å². The van der Waals surface area contributed by atoms with E-state index in [1.165, 1.54) is 4.57 Å². The Labute approximate surface area is 139 Å². The van der Waals surface area contributed by atoms with Crippen LogP contribution in [0.2, 0.25) is 0 Å². The van der Waals surface area contributed by atoms with E-state index in [1.807, 2.05) is 0 Å². The summed E-state index contributed by atoms with van der Waals surface area (Å²) in [6, 6.07) is 1.56. The van der Waals surface area contributed by atoms with Gasteiger partial charge in [0.25, 0.3) is 0 Å². The molecule has 0 amide bonds. The van der Waals surface area contributed by atoms with Gasteiger partial charge in [-0.25, -0.2) is 4.79 Å². The van der Waals surface area contributed by atoms with Gasteiger partial charge in [-0.05, 0) is 25.8 Å². The quantitative estimate of drug-likeness (QED) is 0.526. The lowest BCUT2D eigenvalue weighted by atomic mass is 10.2. The number of ether oxygens (including phenoxy) is 1. The SMILES string of the molecule is CCOC(=O)CCCCCn1cc(Cn2ccc(N)nc2=O)nn1. The van der Waals surface area contributed by atoms with E-state index < -0.39 is 5.69 Å². The first-order valence-corrected chi connectivity index (χ1v) is 7.96. The second-order valence-electron chi connectivity index (χ2n) is 5.35. The van der Waals surface area contributed by atoms with Crippen LogP contribution in [0.3, 0.4) is 0 Å². The van der Waals surface area contributed by atoms with Crippen molar-refractivity contribution in [3.8, 4) is 0 Å². The largest absolute Gasteiger partial charge is 0.466 e. The molecule has 0 fully saturated rings. The molecule has 0 aliphatic rings. The smallest absolute Gasteiger partial charge is 0.349 e. The maximum absolute atomic E-state index is 11.7. The number of nitrogens with zero attached hydrogens (tertiary/aromatic N) is 5. The number of carbonyl (C=O) groups excluding carboxylic acids is 1. The van der Waals surface area contributed by atoms with Crippen LogP contribution in [0.4, 0.5) is 5.82 Å². The summed E-state index contributed by atoms with van der Waals surface area (Å²) in [6.07, 6.45) is 6.44. The van der Waals surface area contributed by atoms with Crippen molar-refractivity contribution in [1.82, 2.24) is 24.5 Å². The van der Waals surface area contributed by atoms with Gasteiger partial charge in [-0.15, -0.1) is 5.10 Å². The van der Waals surface area contributed by atoms with Crippen LogP contribution in [0.5, 0.6) is 0 Å². The zero-order chi connectivity index (χ0) is 17.4. The van der Waals surface area contributed by atoms with Crippen LogP contribution in [0.1, 0.15) is 38.3 Å². The Hall–Kier alpha value is -2.71. The molecule has 0 radical (unpaired) electrons. The predicted octanol–water partition coefficient (Wildman–Crippen LogP) is 0.589. The molecule has 130 valence electrons. The topological polar surface area (TPSA) is 118 Å². The van der Waals surface area contributed by atoms with Crippen molar-refractivity contribution in [3.63, 3.8) is 0 Å². The van der Waals surface area contributed by atoms with Crippen LogP contribution in [0, 0.1) is 0 Å². The molecule has 24 heavy (non-hydrogen) atoms. The minimum absolute atomic E-state index is 0.150. The summed E-state index contributed by atoms with van der Waals surface area (Å²) in [5, 5.41) is 8.08. The van der Waals surface area contributed by atoms with Crippen LogP contribution in [-0.2, 0) is 22.6 Å². The molecule has 0 saturated carbocycles. The molecule has 9 nitrogen and oxygen atoms in total. The van der Waals surface area contributed by atoms with Gasteiger partial charge in [0.2, 0.25) is 0 Å². The molecule has 0 aliphatic heterocycles. The van der Waals surface area contributed by atoms with Crippen molar-refractivity contribution < 1.29 is 9.53 Å². The Kier molecular flexibility index (Phi) is 6.47. The number of nitrogens with two attached hydrogens (primary N) is 1. The molecule has 0 aliphatic carbocycles. The minimum Gasteiger partial charge on any atom is -0.466 e. The Morgan fingerprint density at radius 2 is 2.17 bits per heavy atom. The van der Waals surface area contributed by atoms with Crippen molar-refractivity contribution in [1.29, 1.82) is 0 Å². The van der Waals surface area contributed by atoms with Crippen LogP contribution < -0.4 is 11.4 Å². The number of esters is 1. The molecule has 2 aromatic rings. The molecule has 2 rings (SSSR count). The van der Waals surface area contributed by atoms with Crippen LogP contribution >= 0.6 is 0 Å². The van der Waals surface area contributed by atoms with Crippen molar-refractivity contribution in [2.24, 2.45) is 0 Å². The Balaban J connectivity index is 1.75. The van der Waals surface area contributed by atoms with Gasteiger partial charge < -0.3 is 10.5 Å². The highest BCUT2D eigenvalue weighted by Crippen LogP contribution is 2.04. The summed E-state index contributed by atoms with van der Waals surface area (Å²) >= 11 is 0. The molecular weight excluding hydrogens is 312 g/mol. The first-order valence-electron chi connectivity index (χ1n) is 7.96. The molecule has 0 bridgehead atoms. The second kappa shape index (κ2) is 8.80. The Morgan fingerprint density at radius 1 is 1.33 bits per heavy atom. The highest BCUT2D eigenvalue weighted by Gasteiger charge is 2.05. The third-order valence-electron chi connectivity index (χ3n) is 3.39. The Bertz CT molecular complexity index is 724. The predicted molar refractivity (Wildman–Crippen MR) is 87.1 cm³/mol. The number of carbonyl (C=O) groups is 1. The van der Waals surface area contributed by atoms with Gasteiger partial charge in [0.05, 0.1) is 19.3 Å². The lowest BCUT2D eigenvalue weighted by molar-refractivity contribution is -0.143. The number of unbranched alkanes of at least 4 members (excludes halogenated alkanes) is 2. The zero-order valence-electron chi connectivity index (χ0n) is 13.7. The van der Waals surface area contributed by atoms with Crippen molar-refractivity contribution in [2.45, 2.75) is 45.7 Å². The molecule has 2 heterocycles. The molecule has 0 atom stereocenters. The summed E-state index contributed by atoms with van der Waals surface area (Å²) in [4.78, 5) is 26.6. The van der Waals surface area contributed by atoms with E-state index in [9.17, 15) is 9.59 Å². The fraction of sp³-hybridized carbons (Fsp3) is 0.533.